The number of hydrogen-bond acceptors (Lipinski definition) is 3. The van der Waals surface area contributed by atoms with Crippen molar-refractivity contribution in [2.45, 2.75) is 6.92 Å². The number of aryl methyl sites for hydroxylation is 2. The van der Waals surface area contributed by atoms with Gasteiger partial charge in [0.15, 0.2) is 5.65 Å². The largest absolute Gasteiger partial charge is 0.480 e. The fourth-order valence-electron chi connectivity index (χ4n) is 2.29. The summed E-state index contributed by atoms with van der Waals surface area (Å²) in [5.74, 6) is 0.649. The third-order valence-electron chi connectivity index (χ3n) is 3.02. The Hall–Kier alpha value is -2.10. The molecule has 2 aromatic heterocycles. The Morgan fingerprint density at radius 3 is 2.59 bits per heavy atom. The molecule has 0 spiro atoms. The predicted octanol–water partition coefficient (Wildman–Crippen LogP) is 2.44. The van der Waals surface area contributed by atoms with Gasteiger partial charge >= 0.3 is 0 Å². The molecular formula is C13H13N3O. The minimum absolute atomic E-state index is 0.649. The molecule has 0 aliphatic heterocycles. The highest BCUT2D eigenvalue weighted by molar-refractivity contribution is 6.08. The summed E-state index contributed by atoms with van der Waals surface area (Å²) in [6.45, 7) is 2.00. The van der Waals surface area contributed by atoms with Crippen molar-refractivity contribution in [3.05, 3.63) is 30.0 Å². The topological polar surface area (TPSA) is 39.9 Å². The van der Waals surface area contributed by atoms with E-state index in [0.717, 1.165) is 27.5 Å². The van der Waals surface area contributed by atoms with E-state index in [-0.39, 0.29) is 0 Å². The van der Waals surface area contributed by atoms with Crippen molar-refractivity contribution in [1.82, 2.24) is 14.8 Å². The van der Waals surface area contributed by atoms with Crippen LogP contribution < -0.4 is 4.74 Å². The molecule has 4 nitrogen and oxygen atoms in total. The Labute approximate surface area is 98.8 Å². The summed E-state index contributed by atoms with van der Waals surface area (Å²) in [6.07, 6.45) is 0. The fraction of sp³-hybridized carbons (Fsp3) is 0.231. The van der Waals surface area contributed by atoms with Gasteiger partial charge in [0.05, 0.1) is 18.2 Å². The standard InChI is InChI=1S/C13H13N3O/c1-8-11-9-6-4-5-7-10(9)13(17-3)14-12(11)16(2)15-8/h4-7H,1-3H3. The van der Waals surface area contributed by atoms with E-state index in [0.29, 0.717) is 5.88 Å². The van der Waals surface area contributed by atoms with Gasteiger partial charge in [-0.15, -0.1) is 0 Å². The van der Waals surface area contributed by atoms with Crippen molar-refractivity contribution in [1.29, 1.82) is 0 Å². The highest BCUT2D eigenvalue weighted by atomic mass is 16.5. The molecule has 0 saturated heterocycles. The van der Waals surface area contributed by atoms with Crippen molar-refractivity contribution < 1.29 is 4.74 Å². The lowest BCUT2D eigenvalue weighted by Crippen LogP contribution is -1.95. The molecule has 0 fully saturated rings. The SMILES string of the molecule is COc1nc2c(c(C)nn2C)c2ccccc12. The highest BCUT2D eigenvalue weighted by Crippen LogP contribution is 2.31. The maximum atomic E-state index is 5.35. The Kier molecular flexibility index (Phi) is 2.04. The van der Waals surface area contributed by atoms with E-state index < -0.39 is 0 Å². The first-order valence-electron chi connectivity index (χ1n) is 5.48. The van der Waals surface area contributed by atoms with Gasteiger partial charge in [0.1, 0.15) is 0 Å². The van der Waals surface area contributed by atoms with Gasteiger partial charge in [0.25, 0.3) is 0 Å². The van der Waals surface area contributed by atoms with Gasteiger partial charge in [-0.3, -0.25) is 4.68 Å². The summed E-state index contributed by atoms with van der Waals surface area (Å²) in [7, 11) is 3.54. The number of aromatic nitrogens is 3. The molecule has 0 saturated carbocycles. The molecule has 4 heteroatoms. The zero-order chi connectivity index (χ0) is 12.0. The molecule has 0 radical (unpaired) electrons. The van der Waals surface area contributed by atoms with Crippen LogP contribution in [0.25, 0.3) is 21.8 Å². The smallest absolute Gasteiger partial charge is 0.223 e. The number of ether oxygens (including phenoxy) is 1. The zero-order valence-corrected chi connectivity index (χ0v) is 10.1. The molecule has 2 heterocycles. The third-order valence-corrected chi connectivity index (χ3v) is 3.02. The molecule has 1 aromatic carbocycles. The molecule has 86 valence electrons. The molecule has 3 aromatic rings. The van der Waals surface area contributed by atoms with Crippen LogP contribution in [0.5, 0.6) is 5.88 Å². The van der Waals surface area contributed by atoms with Crippen LogP contribution in [-0.2, 0) is 7.05 Å². The molecule has 0 unspecified atom stereocenters. The molecule has 0 bridgehead atoms. The number of pyridine rings is 1. The monoisotopic (exact) mass is 227 g/mol. The fourth-order valence-corrected chi connectivity index (χ4v) is 2.29. The van der Waals surface area contributed by atoms with E-state index in [1.165, 1.54) is 0 Å². The summed E-state index contributed by atoms with van der Waals surface area (Å²) < 4.78 is 7.14. The Bertz CT molecular complexity index is 715. The van der Waals surface area contributed by atoms with Crippen LogP contribution in [0, 0.1) is 6.92 Å². The van der Waals surface area contributed by atoms with Crippen LogP contribution in [0.1, 0.15) is 5.69 Å². The first kappa shape index (κ1) is 10.1. The van der Waals surface area contributed by atoms with Crippen LogP contribution in [0.2, 0.25) is 0 Å². The maximum Gasteiger partial charge on any atom is 0.223 e. The van der Waals surface area contributed by atoms with Crippen LogP contribution in [0.3, 0.4) is 0 Å². The lowest BCUT2D eigenvalue weighted by Gasteiger charge is -2.06. The second-order valence-electron chi connectivity index (χ2n) is 4.07. The maximum absolute atomic E-state index is 5.35. The summed E-state index contributed by atoms with van der Waals surface area (Å²) in [6, 6.07) is 8.11. The van der Waals surface area contributed by atoms with Gasteiger partial charge in [-0.25, -0.2) is 0 Å². The predicted molar refractivity (Wildman–Crippen MR) is 67.3 cm³/mol. The number of methoxy groups -OCH3 is 1. The summed E-state index contributed by atoms with van der Waals surface area (Å²) in [5.41, 5.74) is 1.85. The quantitative estimate of drug-likeness (QED) is 0.641. The van der Waals surface area contributed by atoms with Crippen molar-refractivity contribution in [3.63, 3.8) is 0 Å². The van der Waals surface area contributed by atoms with E-state index in [1.807, 2.05) is 32.2 Å². The number of fused-ring (bicyclic) bond motifs is 3. The summed E-state index contributed by atoms with van der Waals surface area (Å²) in [4.78, 5) is 4.52. The highest BCUT2D eigenvalue weighted by Gasteiger charge is 2.13. The second-order valence-corrected chi connectivity index (χ2v) is 4.07. The van der Waals surface area contributed by atoms with Crippen molar-refractivity contribution in [3.8, 4) is 5.88 Å². The van der Waals surface area contributed by atoms with E-state index in [4.69, 9.17) is 4.74 Å². The lowest BCUT2D eigenvalue weighted by molar-refractivity contribution is 0.404. The minimum atomic E-state index is 0.649. The summed E-state index contributed by atoms with van der Waals surface area (Å²) >= 11 is 0. The van der Waals surface area contributed by atoms with Crippen molar-refractivity contribution >= 4 is 21.8 Å². The molecule has 0 N–H and O–H groups in total. The van der Waals surface area contributed by atoms with Gasteiger partial charge in [0, 0.05) is 12.4 Å². The molecule has 17 heavy (non-hydrogen) atoms. The molecule has 0 aliphatic carbocycles. The van der Waals surface area contributed by atoms with Crippen LogP contribution in [-0.4, -0.2) is 21.9 Å². The summed E-state index contributed by atoms with van der Waals surface area (Å²) in [5, 5.41) is 7.68. The van der Waals surface area contributed by atoms with Crippen LogP contribution >= 0.6 is 0 Å². The number of nitrogens with zero attached hydrogens (tertiary/aromatic N) is 3. The number of benzene rings is 1. The molecular weight excluding hydrogens is 214 g/mol. The van der Waals surface area contributed by atoms with Crippen LogP contribution in [0.15, 0.2) is 24.3 Å². The molecule has 0 amide bonds. The van der Waals surface area contributed by atoms with Gasteiger partial charge < -0.3 is 4.74 Å². The average Bonchev–Trinajstić information content (AvgIpc) is 2.64. The third kappa shape index (κ3) is 1.30. The van der Waals surface area contributed by atoms with Gasteiger partial charge in [-0.2, -0.15) is 10.1 Å². The second kappa shape index (κ2) is 3.45. The number of rotatable bonds is 1. The Balaban J connectivity index is 2.62. The van der Waals surface area contributed by atoms with Crippen molar-refractivity contribution in [2.24, 2.45) is 7.05 Å². The van der Waals surface area contributed by atoms with Gasteiger partial charge in [0.2, 0.25) is 5.88 Å². The first-order valence-corrected chi connectivity index (χ1v) is 5.48. The van der Waals surface area contributed by atoms with E-state index >= 15 is 0 Å². The van der Waals surface area contributed by atoms with Gasteiger partial charge in [-0.05, 0) is 18.4 Å². The molecule has 0 aliphatic rings. The number of hydrogen-bond donors (Lipinski definition) is 0. The normalized spacial score (nSPS) is 11.2. The van der Waals surface area contributed by atoms with E-state index in [9.17, 15) is 0 Å². The van der Waals surface area contributed by atoms with E-state index in [1.54, 1.807) is 11.8 Å². The lowest BCUT2D eigenvalue weighted by atomic mass is 10.1. The molecule has 0 atom stereocenters. The first-order chi connectivity index (χ1) is 8.22. The minimum Gasteiger partial charge on any atom is -0.480 e. The molecule has 3 rings (SSSR count). The Morgan fingerprint density at radius 1 is 1.18 bits per heavy atom. The van der Waals surface area contributed by atoms with Crippen molar-refractivity contribution in [2.75, 3.05) is 7.11 Å². The average molecular weight is 227 g/mol. The van der Waals surface area contributed by atoms with Crippen LogP contribution in [0.4, 0.5) is 0 Å². The zero-order valence-electron chi connectivity index (χ0n) is 10.1. The Morgan fingerprint density at radius 2 is 1.88 bits per heavy atom. The van der Waals surface area contributed by atoms with Gasteiger partial charge in [-0.1, -0.05) is 18.2 Å². The van der Waals surface area contributed by atoms with E-state index in [2.05, 4.69) is 16.1 Å².